The van der Waals surface area contributed by atoms with Gasteiger partial charge in [-0.1, -0.05) is 45.0 Å². The minimum atomic E-state index is -4.47. The van der Waals surface area contributed by atoms with Gasteiger partial charge in [-0.3, -0.25) is 28.7 Å². The Bertz CT molecular complexity index is 2250. The lowest BCUT2D eigenvalue weighted by molar-refractivity contribution is -0.148. The standard InChI is InChI=1S/C43H51FN5O8PS/c1-26(42(53)56-25-43(2,3)4)47-58(54,57-31-11-7-6-8-12-31)38(44)27-14-17-36-28(20-27)21-37(59-36)39(50)46-33-13-9-10-30-15-16-34(49(30)40(33)51)41(52)48-23-29(24-48)32-22-45-19-18-35(32)55-5/h6-8,11-12,14,17-22,26,29-30,33-34,38H,9-10,13,15-16,23-25H2,1-5H3,(H,46,50)(H,47,54)/t26-,30-,33-,34-,38-,58-/m0/s1. The zero-order valence-electron chi connectivity index (χ0n) is 33.9. The number of rotatable bonds is 13. The molecule has 2 aromatic carbocycles. The number of nitrogens with zero attached hydrogens (tertiary/aromatic N) is 3. The molecule has 0 spiro atoms. The van der Waals surface area contributed by atoms with Crippen LogP contribution < -0.4 is 19.7 Å². The number of amides is 3. The number of esters is 1. The largest absolute Gasteiger partial charge is 0.496 e. The van der Waals surface area contributed by atoms with Crippen LogP contribution in [0.15, 0.2) is 73.1 Å². The molecule has 6 atom stereocenters. The second kappa shape index (κ2) is 17.4. The summed E-state index contributed by atoms with van der Waals surface area (Å²) in [6.45, 7) is 8.29. The van der Waals surface area contributed by atoms with Crippen LogP contribution in [-0.2, 0) is 23.7 Å². The van der Waals surface area contributed by atoms with E-state index in [2.05, 4.69) is 15.4 Å². The molecule has 13 nitrogen and oxygen atoms in total. The van der Waals surface area contributed by atoms with E-state index < -0.39 is 43.4 Å². The number of para-hydroxylation sites is 1. The Morgan fingerprint density at radius 2 is 1.80 bits per heavy atom. The lowest BCUT2D eigenvalue weighted by Gasteiger charge is -2.42. The van der Waals surface area contributed by atoms with Crippen molar-refractivity contribution in [2.45, 2.75) is 95.8 Å². The molecule has 59 heavy (non-hydrogen) atoms. The maximum absolute atomic E-state index is 16.6. The monoisotopic (exact) mass is 847 g/mol. The lowest BCUT2D eigenvalue weighted by Crippen LogP contribution is -2.58. The summed E-state index contributed by atoms with van der Waals surface area (Å²) >= 11 is 1.18. The fourth-order valence-corrected chi connectivity index (χ4v) is 10.8. The van der Waals surface area contributed by atoms with E-state index in [9.17, 15) is 23.7 Å². The SMILES string of the molecule is COc1ccncc1C1CN(C(=O)[C@@H]2CC[C@@H]3CCC[C@H](NC(=O)c4cc5cc([C@@H](F)[P@@](=O)(N[C@@H](C)C(=O)OCC(C)(C)C)Oc6ccccc6)ccc5s4)C(=O)N32)C1. The highest BCUT2D eigenvalue weighted by Crippen LogP contribution is 2.58. The molecular formula is C43H51FN5O8PS. The molecule has 2 aromatic heterocycles. The van der Waals surface area contributed by atoms with Crippen LogP contribution in [0.1, 0.15) is 92.4 Å². The Balaban J connectivity index is 1.03. The van der Waals surface area contributed by atoms with Gasteiger partial charge in [0.1, 0.15) is 29.6 Å². The summed E-state index contributed by atoms with van der Waals surface area (Å²) in [4.78, 5) is 62.6. The van der Waals surface area contributed by atoms with Crippen molar-refractivity contribution in [3.63, 3.8) is 0 Å². The summed E-state index contributed by atoms with van der Waals surface area (Å²) in [6, 6.07) is 13.5. The van der Waals surface area contributed by atoms with Gasteiger partial charge in [0, 0.05) is 47.7 Å². The minimum Gasteiger partial charge on any atom is -0.496 e. The van der Waals surface area contributed by atoms with Crippen LogP contribution >= 0.6 is 18.9 Å². The van der Waals surface area contributed by atoms with Crippen LogP contribution in [0.25, 0.3) is 10.1 Å². The van der Waals surface area contributed by atoms with Gasteiger partial charge in [-0.05, 0) is 91.8 Å². The van der Waals surface area contributed by atoms with Crippen LogP contribution in [0.2, 0.25) is 0 Å². The first-order valence-corrected chi connectivity index (χ1v) is 22.5. The average Bonchev–Trinajstić information content (AvgIpc) is 3.79. The predicted octanol–water partition coefficient (Wildman–Crippen LogP) is 7.38. The number of pyridine rings is 1. The maximum atomic E-state index is 16.6. The molecule has 0 aliphatic carbocycles. The van der Waals surface area contributed by atoms with Gasteiger partial charge in [-0.25, -0.2) is 9.48 Å². The highest BCUT2D eigenvalue weighted by molar-refractivity contribution is 7.57. The van der Waals surface area contributed by atoms with E-state index >= 15 is 4.39 Å². The molecule has 0 bridgehead atoms. The molecule has 0 unspecified atom stereocenters. The summed E-state index contributed by atoms with van der Waals surface area (Å²) in [5, 5.41) is 6.07. The number of ether oxygens (including phenoxy) is 2. The molecule has 5 heterocycles. The first kappa shape index (κ1) is 42.3. The second-order valence-electron chi connectivity index (χ2n) is 16.8. The Morgan fingerprint density at radius 1 is 1.03 bits per heavy atom. The summed E-state index contributed by atoms with van der Waals surface area (Å²) < 4.78 is 48.3. The third-order valence-corrected chi connectivity index (χ3v) is 14.3. The molecule has 0 radical (unpaired) electrons. The number of methoxy groups -OCH3 is 1. The van der Waals surface area contributed by atoms with Gasteiger partial charge in [0.25, 0.3) is 5.91 Å². The minimum absolute atomic E-state index is 0.0205. The zero-order chi connectivity index (χ0) is 42.1. The number of nitrogens with one attached hydrogen (secondary N) is 2. The number of alkyl halides is 1. The molecule has 314 valence electrons. The molecule has 3 aliphatic heterocycles. The summed E-state index contributed by atoms with van der Waals surface area (Å²) in [5.74, 6) is -2.71. The van der Waals surface area contributed by atoms with E-state index in [0.29, 0.717) is 47.3 Å². The van der Waals surface area contributed by atoms with Gasteiger partial charge in [0.05, 0.1) is 18.6 Å². The summed E-state index contributed by atoms with van der Waals surface area (Å²) in [5.41, 5.74) is 0.663. The van der Waals surface area contributed by atoms with Gasteiger partial charge >= 0.3 is 13.5 Å². The van der Waals surface area contributed by atoms with Crippen molar-refractivity contribution >= 4 is 52.6 Å². The van der Waals surface area contributed by atoms with Crippen molar-refractivity contribution < 1.29 is 42.1 Å². The number of benzene rings is 2. The lowest BCUT2D eigenvalue weighted by atomic mass is 9.91. The molecule has 3 aliphatic rings. The molecule has 7 rings (SSSR count). The van der Waals surface area contributed by atoms with Crippen molar-refractivity contribution in [1.29, 1.82) is 0 Å². The third kappa shape index (κ3) is 9.32. The van der Waals surface area contributed by atoms with Crippen molar-refractivity contribution in [2.24, 2.45) is 5.41 Å². The fourth-order valence-electron chi connectivity index (χ4n) is 7.95. The molecule has 3 amide bonds. The van der Waals surface area contributed by atoms with E-state index in [1.54, 1.807) is 77.8 Å². The number of carbonyl (C=O) groups excluding carboxylic acids is 4. The molecule has 2 N–H and O–H groups in total. The van der Waals surface area contributed by atoms with Crippen molar-refractivity contribution in [3.8, 4) is 11.5 Å². The van der Waals surface area contributed by atoms with Crippen LogP contribution in [0, 0.1) is 5.41 Å². The van der Waals surface area contributed by atoms with Crippen LogP contribution in [0.4, 0.5) is 4.39 Å². The first-order valence-electron chi connectivity index (χ1n) is 20.0. The first-order chi connectivity index (χ1) is 28.1. The van der Waals surface area contributed by atoms with Crippen LogP contribution in [-0.4, -0.2) is 89.4 Å². The number of carbonyl (C=O) groups is 4. The van der Waals surface area contributed by atoms with E-state index in [4.69, 9.17) is 14.0 Å². The number of hydrogen-bond acceptors (Lipinski definition) is 10. The van der Waals surface area contributed by atoms with Gasteiger partial charge in [0.15, 0.2) is 0 Å². The normalized spacial score (nSPS) is 21.7. The zero-order valence-corrected chi connectivity index (χ0v) is 35.6. The molecular weight excluding hydrogens is 797 g/mol. The number of likely N-dealkylation sites (tertiary alicyclic amines) is 1. The highest BCUT2D eigenvalue weighted by atomic mass is 32.1. The Hall–Kier alpha value is -4.85. The van der Waals surface area contributed by atoms with E-state index in [1.165, 1.54) is 30.4 Å². The second-order valence-corrected chi connectivity index (χ2v) is 19.9. The highest BCUT2D eigenvalue weighted by Gasteiger charge is 2.48. The number of aromatic nitrogens is 1. The molecule has 3 fully saturated rings. The summed E-state index contributed by atoms with van der Waals surface area (Å²) in [7, 11) is -2.86. The van der Waals surface area contributed by atoms with Crippen molar-refractivity contribution in [3.05, 3.63) is 89.1 Å². The molecule has 16 heteroatoms. The Morgan fingerprint density at radius 3 is 2.53 bits per heavy atom. The van der Waals surface area contributed by atoms with Gasteiger partial charge < -0.3 is 29.1 Å². The quantitative estimate of drug-likeness (QED) is 0.103. The number of halogens is 1. The molecule has 3 saturated heterocycles. The smallest absolute Gasteiger partial charge is 0.355 e. The third-order valence-electron chi connectivity index (χ3n) is 11.0. The van der Waals surface area contributed by atoms with Crippen molar-refractivity contribution in [2.75, 3.05) is 26.8 Å². The van der Waals surface area contributed by atoms with Crippen LogP contribution in [0.3, 0.4) is 0 Å². The van der Waals surface area contributed by atoms with E-state index in [1.807, 2.05) is 20.8 Å². The number of fused-ring (bicyclic) bond motifs is 2. The predicted molar refractivity (Wildman–Crippen MR) is 222 cm³/mol. The van der Waals surface area contributed by atoms with Crippen LogP contribution in [0.5, 0.6) is 11.5 Å². The average molecular weight is 848 g/mol. The fraction of sp³-hybridized carbons (Fsp3) is 0.465. The van der Waals surface area contributed by atoms with Gasteiger partial charge in [-0.15, -0.1) is 11.3 Å². The topological polar surface area (TPSA) is 156 Å². The van der Waals surface area contributed by atoms with E-state index in [0.717, 1.165) is 24.2 Å². The van der Waals surface area contributed by atoms with Crippen molar-refractivity contribution in [1.82, 2.24) is 25.2 Å². The van der Waals surface area contributed by atoms with E-state index in [-0.39, 0.29) is 47.1 Å². The molecule has 0 saturated carbocycles. The summed E-state index contributed by atoms with van der Waals surface area (Å²) in [6.07, 6.45) is 6.64. The Labute approximate surface area is 347 Å². The number of hydrogen-bond donors (Lipinski definition) is 2. The number of thiophene rings is 1. The Kier molecular flexibility index (Phi) is 12.5. The van der Waals surface area contributed by atoms with Gasteiger partial charge in [-0.2, -0.15) is 0 Å². The van der Waals surface area contributed by atoms with Gasteiger partial charge in [0.2, 0.25) is 17.7 Å². The maximum Gasteiger partial charge on any atom is 0.355 e. The molecule has 4 aromatic rings.